The van der Waals surface area contributed by atoms with E-state index in [9.17, 15) is 19.5 Å². The predicted octanol–water partition coefficient (Wildman–Crippen LogP) is -1.80. The number of nitrogens with two attached hydrogens (primary N) is 3. The van der Waals surface area contributed by atoms with Gasteiger partial charge < -0.3 is 37.3 Å². The lowest BCUT2D eigenvalue weighted by atomic mass is 10.1. The second-order valence-corrected chi connectivity index (χ2v) is 6.87. The van der Waals surface area contributed by atoms with Gasteiger partial charge in [0.2, 0.25) is 5.91 Å². The Morgan fingerprint density at radius 3 is 2.71 bits per heavy atom. The van der Waals surface area contributed by atoms with Crippen molar-refractivity contribution in [3.05, 3.63) is 34.9 Å². The second-order valence-electron chi connectivity index (χ2n) is 6.87. The Morgan fingerprint density at radius 1 is 1.45 bits per heavy atom. The Balaban J connectivity index is 0.00000480. The third kappa shape index (κ3) is 7.24. The van der Waals surface area contributed by atoms with Gasteiger partial charge in [0, 0.05) is 32.3 Å². The number of anilines is 1. The molecule has 0 aliphatic carbocycles. The lowest BCUT2D eigenvalue weighted by molar-refractivity contribution is -0.159. The summed E-state index contributed by atoms with van der Waals surface area (Å²) in [6, 6.07) is -0.0702. The number of rotatable bonds is 8. The monoisotopic (exact) mass is 458 g/mol. The van der Waals surface area contributed by atoms with Crippen LogP contribution in [0.5, 0.6) is 0 Å². The first-order valence-electron chi connectivity index (χ1n) is 9.10. The van der Waals surface area contributed by atoms with Crippen molar-refractivity contribution in [2.24, 2.45) is 11.5 Å². The Morgan fingerprint density at radius 2 is 2.13 bits per heavy atom. The zero-order valence-corrected chi connectivity index (χ0v) is 17.6. The molecule has 1 amide bonds. The molecule has 1 aromatic rings. The molecule has 0 spiro atoms. The van der Waals surface area contributed by atoms with Crippen molar-refractivity contribution >= 4 is 36.1 Å². The molecule has 1 aliphatic rings. The van der Waals surface area contributed by atoms with Crippen LogP contribution in [-0.4, -0.2) is 69.2 Å². The van der Waals surface area contributed by atoms with Crippen molar-refractivity contribution in [1.29, 1.82) is 5.41 Å². The number of carbonyl (C=O) groups is 2. The van der Waals surface area contributed by atoms with Gasteiger partial charge in [0.25, 0.3) is 0 Å². The number of carboxylic acid groups (broad SMARTS) is 1. The molecule has 0 bridgehead atoms. The summed E-state index contributed by atoms with van der Waals surface area (Å²) in [4.78, 5) is 40.9. The number of nitrogens with zero attached hydrogens (tertiary/aromatic N) is 3. The largest absolute Gasteiger partial charge is 0.479 e. The number of aromatic nitrogens is 2. The number of carbonyl (C=O) groups excluding carboxylic acids is 1. The predicted molar refractivity (Wildman–Crippen MR) is 115 cm³/mol. The first-order valence-corrected chi connectivity index (χ1v) is 9.10. The summed E-state index contributed by atoms with van der Waals surface area (Å²) in [5, 5.41) is 19.4. The summed E-state index contributed by atoms with van der Waals surface area (Å²) in [6.07, 6.45) is 2.17. The first-order chi connectivity index (χ1) is 14.1. The number of halogens is 1. The number of ether oxygens (including phenoxy) is 1. The lowest BCUT2D eigenvalue weighted by Gasteiger charge is -2.31. The molecule has 0 fully saturated rings. The number of hydrogen-bond donors (Lipinski definition) is 6. The molecule has 9 N–H and O–H groups in total. The van der Waals surface area contributed by atoms with Crippen molar-refractivity contribution in [2.75, 3.05) is 19.3 Å². The van der Waals surface area contributed by atoms with Crippen LogP contribution < -0.4 is 28.2 Å². The molecule has 4 atom stereocenters. The van der Waals surface area contributed by atoms with Crippen LogP contribution in [-0.2, 0) is 14.3 Å². The minimum atomic E-state index is -1.42. The maximum Gasteiger partial charge on any atom is 0.351 e. The van der Waals surface area contributed by atoms with Crippen LogP contribution in [0.25, 0.3) is 0 Å². The zero-order valence-electron chi connectivity index (χ0n) is 16.8. The van der Waals surface area contributed by atoms with Crippen molar-refractivity contribution in [1.82, 2.24) is 19.8 Å². The smallest absolute Gasteiger partial charge is 0.351 e. The van der Waals surface area contributed by atoms with Gasteiger partial charge in [-0.05, 0) is 18.6 Å². The highest BCUT2D eigenvalue weighted by Gasteiger charge is 2.35. The summed E-state index contributed by atoms with van der Waals surface area (Å²) >= 11 is 0. The van der Waals surface area contributed by atoms with Crippen molar-refractivity contribution in [2.45, 2.75) is 37.3 Å². The SMILES string of the molecule is CN(CCC(N)CC(=O)N[C@H]1C=CC(n2ccc(N)nc2=O)O[C@@H]1C(=O)O)C(=N)N.Cl. The third-order valence-electron chi connectivity index (χ3n) is 4.49. The normalized spacial score (nSPS) is 20.9. The maximum absolute atomic E-state index is 12.3. The van der Waals surface area contributed by atoms with Crippen LogP contribution in [0, 0.1) is 5.41 Å². The van der Waals surface area contributed by atoms with Gasteiger partial charge in [-0.15, -0.1) is 12.4 Å². The Kier molecular flexibility index (Phi) is 9.42. The van der Waals surface area contributed by atoms with Gasteiger partial charge in [-0.1, -0.05) is 6.08 Å². The number of nitrogens with one attached hydrogen (secondary N) is 2. The molecule has 2 heterocycles. The molecule has 0 saturated heterocycles. The van der Waals surface area contributed by atoms with Crippen LogP contribution in [0.3, 0.4) is 0 Å². The summed E-state index contributed by atoms with van der Waals surface area (Å²) in [5.41, 5.74) is 16.0. The second kappa shape index (κ2) is 11.3. The molecule has 0 radical (unpaired) electrons. The highest BCUT2D eigenvalue weighted by atomic mass is 35.5. The first kappa shape index (κ1) is 25.9. The molecule has 2 unspecified atom stereocenters. The highest BCUT2D eigenvalue weighted by Crippen LogP contribution is 2.20. The van der Waals surface area contributed by atoms with E-state index in [2.05, 4.69) is 10.3 Å². The van der Waals surface area contributed by atoms with Crippen LogP contribution in [0.4, 0.5) is 5.82 Å². The van der Waals surface area contributed by atoms with Gasteiger partial charge in [0.05, 0.1) is 6.04 Å². The molecule has 31 heavy (non-hydrogen) atoms. The number of carboxylic acids is 1. The van der Waals surface area contributed by atoms with E-state index in [0.29, 0.717) is 13.0 Å². The fourth-order valence-corrected chi connectivity index (χ4v) is 2.77. The summed E-state index contributed by atoms with van der Waals surface area (Å²) in [6.45, 7) is 0.403. The molecule has 13 nitrogen and oxygen atoms in total. The molecule has 1 aromatic heterocycles. The van der Waals surface area contributed by atoms with Crippen LogP contribution in [0.2, 0.25) is 0 Å². The molecule has 1 aliphatic heterocycles. The van der Waals surface area contributed by atoms with Crippen molar-refractivity contribution in [3.8, 4) is 0 Å². The molecule has 0 saturated carbocycles. The lowest BCUT2D eigenvalue weighted by Crippen LogP contribution is -2.51. The average Bonchev–Trinajstić information content (AvgIpc) is 2.66. The number of amides is 1. The molecule has 172 valence electrons. The van der Waals surface area contributed by atoms with Gasteiger partial charge in [0.15, 0.2) is 18.3 Å². The minimum absolute atomic E-state index is 0. The number of aliphatic carboxylic acids is 1. The molecule has 2 rings (SSSR count). The third-order valence-corrected chi connectivity index (χ3v) is 4.49. The van der Waals surface area contributed by atoms with E-state index < -0.39 is 42.0 Å². The summed E-state index contributed by atoms with van der Waals surface area (Å²) in [7, 11) is 1.63. The summed E-state index contributed by atoms with van der Waals surface area (Å²) in [5.74, 6) is -1.84. The van der Waals surface area contributed by atoms with Gasteiger partial charge in [-0.2, -0.15) is 4.98 Å². The van der Waals surface area contributed by atoms with E-state index in [-0.39, 0.29) is 30.6 Å². The van der Waals surface area contributed by atoms with Gasteiger partial charge in [-0.3, -0.25) is 14.8 Å². The maximum atomic E-state index is 12.3. The quantitative estimate of drug-likeness (QED) is 0.146. The van der Waals surface area contributed by atoms with E-state index in [1.807, 2.05) is 0 Å². The number of nitrogen functional groups attached to an aromatic ring is 1. The van der Waals surface area contributed by atoms with E-state index in [0.717, 1.165) is 4.57 Å². The van der Waals surface area contributed by atoms with Crippen LogP contribution >= 0.6 is 12.4 Å². The molecular formula is C17H27ClN8O5. The Labute approximate surface area is 184 Å². The van der Waals surface area contributed by atoms with Gasteiger partial charge in [0.1, 0.15) is 5.82 Å². The average molecular weight is 459 g/mol. The van der Waals surface area contributed by atoms with Crippen molar-refractivity contribution in [3.63, 3.8) is 0 Å². The molecule has 0 aromatic carbocycles. The molecule has 14 heteroatoms. The Bertz CT molecular complexity index is 892. The minimum Gasteiger partial charge on any atom is -0.479 e. The van der Waals surface area contributed by atoms with E-state index in [1.165, 1.54) is 29.3 Å². The fraction of sp³-hybridized carbons (Fsp3) is 0.471. The zero-order chi connectivity index (χ0) is 22.4. The summed E-state index contributed by atoms with van der Waals surface area (Å²) < 4.78 is 6.57. The van der Waals surface area contributed by atoms with Crippen molar-refractivity contribution < 1.29 is 19.4 Å². The standard InChI is InChI=1S/C17H26N8O5.ClH/c1-24(16(20)21)6-4-9(18)8-12(26)22-10-2-3-13(30-14(10)15(27)28)25-7-5-11(19)23-17(25)29;/h2-3,5,7,9-10,13-14H,4,6,8,18H2,1H3,(H3,20,21)(H,22,26)(H,27,28)(H2,19,23,29);1H/t9?,10-,13?,14-;/m0./s1. The molecular weight excluding hydrogens is 432 g/mol. The van der Waals surface area contributed by atoms with E-state index in [4.69, 9.17) is 27.3 Å². The topological polar surface area (TPSA) is 216 Å². The Hall–Kier alpha value is -3.16. The van der Waals surface area contributed by atoms with Crippen LogP contribution in [0.1, 0.15) is 19.1 Å². The van der Waals surface area contributed by atoms with Gasteiger partial charge in [-0.25, -0.2) is 9.59 Å². The fourth-order valence-electron chi connectivity index (χ4n) is 2.77. The van der Waals surface area contributed by atoms with E-state index in [1.54, 1.807) is 7.05 Å². The highest BCUT2D eigenvalue weighted by molar-refractivity contribution is 5.85. The van der Waals surface area contributed by atoms with Crippen LogP contribution in [0.15, 0.2) is 29.2 Å². The van der Waals surface area contributed by atoms with E-state index >= 15 is 0 Å². The number of hydrogen-bond acceptors (Lipinski definition) is 8. The van der Waals surface area contributed by atoms with Gasteiger partial charge >= 0.3 is 11.7 Å². The number of guanidine groups is 1.